The van der Waals surface area contributed by atoms with E-state index in [9.17, 15) is 19.8 Å². The second kappa shape index (κ2) is 11.1. The van der Waals surface area contributed by atoms with E-state index in [2.05, 4.69) is 39.1 Å². The maximum atomic E-state index is 12.0. The highest BCUT2D eigenvalue weighted by atomic mass is 16.6. The number of ether oxygens (including phenoxy) is 3. The third kappa shape index (κ3) is 6.86. The lowest BCUT2D eigenvalue weighted by molar-refractivity contribution is -0.126. The summed E-state index contributed by atoms with van der Waals surface area (Å²) in [6.07, 6.45) is 4.46. The van der Waals surface area contributed by atoms with Crippen LogP contribution >= 0.6 is 0 Å². The predicted molar refractivity (Wildman–Crippen MR) is 121 cm³/mol. The highest BCUT2D eigenvalue weighted by Crippen LogP contribution is 2.43. The first-order valence-electron chi connectivity index (χ1n) is 11.8. The van der Waals surface area contributed by atoms with Crippen LogP contribution < -0.4 is 5.32 Å². The zero-order valence-electron chi connectivity index (χ0n) is 20.1. The van der Waals surface area contributed by atoms with Crippen molar-refractivity contribution in [3.05, 3.63) is 23.3 Å². The molecule has 3 fully saturated rings. The molecule has 3 saturated heterocycles. The Morgan fingerprint density at radius 3 is 2.70 bits per heavy atom. The van der Waals surface area contributed by atoms with Gasteiger partial charge in [-0.3, -0.25) is 15.0 Å². The molecule has 0 bridgehead atoms. The van der Waals surface area contributed by atoms with E-state index >= 15 is 0 Å². The Morgan fingerprint density at radius 2 is 2.00 bits per heavy atom. The summed E-state index contributed by atoms with van der Waals surface area (Å²) in [5.74, 6) is -0.368. The number of imide groups is 1. The van der Waals surface area contributed by atoms with Crippen molar-refractivity contribution in [2.24, 2.45) is 0 Å². The van der Waals surface area contributed by atoms with E-state index < -0.39 is 30.6 Å². The molecule has 0 aromatic carbocycles. The number of aliphatic hydroxyl groups excluding tert-OH is 2. The summed E-state index contributed by atoms with van der Waals surface area (Å²) >= 11 is 0. The molecule has 0 aromatic heterocycles. The van der Waals surface area contributed by atoms with Gasteiger partial charge >= 0.3 is 6.03 Å². The standard InChI is InChI=1S/C24H38N2O7/c1-15(2)6-5-11-24(4)18(33-24)8-7-16(3)10-13-31-14-17-20(28)21(29)22(32-17)26-12-9-19(27)25-23(26)30/h6,10,17-18,20-22,28-29H,5,7-9,11-14H2,1-4H3,(H,25,27,30)/t17-,18-,20-,21-,22-,24+/m1/s1. The molecule has 3 amide bonds. The summed E-state index contributed by atoms with van der Waals surface area (Å²) < 4.78 is 17.2. The lowest BCUT2D eigenvalue weighted by Crippen LogP contribution is -2.56. The Kier molecular flexibility index (Phi) is 8.69. The number of allylic oxidation sites excluding steroid dienone is 3. The molecule has 0 spiro atoms. The zero-order chi connectivity index (χ0) is 24.2. The predicted octanol–water partition coefficient (Wildman–Crippen LogP) is 2.02. The topological polar surface area (TPSA) is 121 Å². The third-order valence-electron chi connectivity index (χ3n) is 6.59. The Labute approximate surface area is 195 Å². The zero-order valence-corrected chi connectivity index (χ0v) is 20.1. The van der Waals surface area contributed by atoms with Crippen LogP contribution in [0.4, 0.5) is 4.79 Å². The minimum absolute atomic E-state index is 0.00535. The molecule has 9 nitrogen and oxygen atoms in total. The number of hydrogen-bond donors (Lipinski definition) is 3. The Hall–Kier alpha value is -1.78. The van der Waals surface area contributed by atoms with Crippen LogP contribution in [0, 0.1) is 0 Å². The van der Waals surface area contributed by atoms with Gasteiger partial charge in [-0.05, 0) is 53.4 Å². The number of carbonyl (C=O) groups is 2. The number of aliphatic hydroxyl groups is 2. The van der Waals surface area contributed by atoms with Gasteiger partial charge in [-0.2, -0.15) is 0 Å². The molecular weight excluding hydrogens is 428 g/mol. The minimum Gasteiger partial charge on any atom is -0.387 e. The lowest BCUT2D eigenvalue weighted by atomic mass is 9.96. The number of urea groups is 1. The van der Waals surface area contributed by atoms with E-state index in [1.807, 2.05) is 6.08 Å². The van der Waals surface area contributed by atoms with E-state index in [4.69, 9.17) is 14.2 Å². The van der Waals surface area contributed by atoms with Gasteiger partial charge in [-0.15, -0.1) is 0 Å². The van der Waals surface area contributed by atoms with Crippen molar-refractivity contribution >= 4 is 11.9 Å². The Morgan fingerprint density at radius 1 is 1.24 bits per heavy atom. The summed E-state index contributed by atoms with van der Waals surface area (Å²) in [4.78, 5) is 24.5. The fourth-order valence-corrected chi connectivity index (χ4v) is 4.31. The second-order valence-electron chi connectivity index (χ2n) is 9.71. The van der Waals surface area contributed by atoms with E-state index in [0.29, 0.717) is 12.7 Å². The van der Waals surface area contributed by atoms with Gasteiger partial charge < -0.3 is 24.4 Å². The van der Waals surface area contributed by atoms with Crippen LogP contribution in [-0.4, -0.2) is 83.1 Å². The van der Waals surface area contributed by atoms with E-state index in [1.165, 1.54) is 16.0 Å². The first kappa shape index (κ1) is 25.8. The van der Waals surface area contributed by atoms with Gasteiger partial charge in [-0.1, -0.05) is 23.3 Å². The highest BCUT2D eigenvalue weighted by Gasteiger charge is 2.50. The Balaban J connectivity index is 1.35. The van der Waals surface area contributed by atoms with Gasteiger partial charge in [0.2, 0.25) is 5.91 Å². The van der Waals surface area contributed by atoms with Gasteiger partial charge in [0.15, 0.2) is 6.23 Å². The normalized spacial score (nSPS) is 34.4. The van der Waals surface area contributed by atoms with Gasteiger partial charge in [0.1, 0.15) is 18.3 Å². The molecule has 3 aliphatic heterocycles. The van der Waals surface area contributed by atoms with Crippen molar-refractivity contribution in [2.75, 3.05) is 19.8 Å². The first-order valence-corrected chi connectivity index (χ1v) is 11.8. The first-order chi connectivity index (χ1) is 15.6. The number of carbonyl (C=O) groups excluding carboxylic acids is 2. The number of nitrogens with one attached hydrogen (secondary N) is 1. The summed E-state index contributed by atoms with van der Waals surface area (Å²) in [5, 5.41) is 22.8. The second-order valence-corrected chi connectivity index (χ2v) is 9.71. The molecule has 9 heteroatoms. The van der Waals surface area contributed by atoms with Gasteiger partial charge in [0.05, 0.1) is 24.9 Å². The van der Waals surface area contributed by atoms with Crippen molar-refractivity contribution in [1.29, 1.82) is 0 Å². The number of epoxide rings is 1. The van der Waals surface area contributed by atoms with Gasteiger partial charge in [-0.25, -0.2) is 4.79 Å². The average Bonchev–Trinajstić information content (AvgIpc) is 3.31. The molecule has 3 N–H and O–H groups in total. The molecule has 0 aromatic rings. The minimum atomic E-state index is -1.26. The maximum Gasteiger partial charge on any atom is 0.326 e. The van der Waals surface area contributed by atoms with E-state index in [1.54, 1.807) is 0 Å². The fraction of sp³-hybridized carbons (Fsp3) is 0.750. The van der Waals surface area contributed by atoms with Crippen LogP contribution in [0.5, 0.6) is 0 Å². The molecule has 0 saturated carbocycles. The van der Waals surface area contributed by atoms with Crippen LogP contribution in [0.1, 0.15) is 59.8 Å². The summed E-state index contributed by atoms with van der Waals surface area (Å²) in [6, 6.07) is -0.629. The Bertz CT molecular complexity index is 779. The molecule has 0 unspecified atom stereocenters. The average molecular weight is 467 g/mol. The fourth-order valence-electron chi connectivity index (χ4n) is 4.31. The van der Waals surface area contributed by atoms with Crippen LogP contribution in [0.15, 0.2) is 23.3 Å². The third-order valence-corrected chi connectivity index (χ3v) is 6.59. The van der Waals surface area contributed by atoms with Crippen LogP contribution in [0.25, 0.3) is 0 Å². The number of rotatable bonds is 11. The van der Waals surface area contributed by atoms with Crippen LogP contribution in [0.2, 0.25) is 0 Å². The molecule has 33 heavy (non-hydrogen) atoms. The maximum absolute atomic E-state index is 12.0. The van der Waals surface area contributed by atoms with Crippen molar-refractivity contribution in [2.45, 2.75) is 96.0 Å². The van der Waals surface area contributed by atoms with Crippen molar-refractivity contribution in [3.63, 3.8) is 0 Å². The SMILES string of the molecule is CC(C)=CCC[C@]1(C)O[C@@H]1CCC(C)=CCOC[C@H]1O[C@@H](N2CCC(=O)NC2=O)[C@H](O)[C@@H]1O. The molecule has 0 radical (unpaired) electrons. The monoisotopic (exact) mass is 466 g/mol. The molecule has 3 heterocycles. The van der Waals surface area contributed by atoms with Crippen LogP contribution in [-0.2, 0) is 19.0 Å². The van der Waals surface area contributed by atoms with E-state index in [-0.39, 0.29) is 31.1 Å². The molecule has 3 rings (SSSR count). The summed E-state index contributed by atoms with van der Waals surface area (Å²) in [6.45, 7) is 9.04. The van der Waals surface area contributed by atoms with Gasteiger partial charge in [0.25, 0.3) is 0 Å². The van der Waals surface area contributed by atoms with Crippen molar-refractivity contribution < 1.29 is 34.0 Å². The van der Waals surface area contributed by atoms with Crippen molar-refractivity contribution in [1.82, 2.24) is 10.2 Å². The molecule has 6 atom stereocenters. The number of nitrogens with zero attached hydrogens (tertiary/aromatic N) is 1. The van der Waals surface area contributed by atoms with Gasteiger partial charge in [0, 0.05) is 13.0 Å². The lowest BCUT2D eigenvalue weighted by Gasteiger charge is -2.32. The smallest absolute Gasteiger partial charge is 0.326 e. The highest BCUT2D eigenvalue weighted by molar-refractivity contribution is 5.96. The number of amides is 3. The van der Waals surface area contributed by atoms with Crippen molar-refractivity contribution in [3.8, 4) is 0 Å². The number of hydrogen-bond acceptors (Lipinski definition) is 7. The molecule has 186 valence electrons. The van der Waals surface area contributed by atoms with Crippen LogP contribution in [0.3, 0.4) is 0 Å². The molecule has 3 aliphatic rings. The summed E-state index contributed by atoms with van der Waals surface area (Å²) in [5.41, 5.74) is 2.54. The van der Waals surface area contributed by atoms with E-state index in [0.717, 1.165) is 25.7 Å². The molecular formula is C24H38N2O7. The molecule has 0 aliphatic carbocycles. The largest absolute Gasteiger partial charge is 0.387 e. The quantitative estimate of drug-likeness (QED) is 0.242. The summed E-state index contributed by atoms with van der Waals surface area (Å²) in [7, 11) is 0.